The normalized spacial score (nSPS) is 6.69. The molecule has 16 heavy (non-hydrogen) atoms. The number of aliphatic hydroxyl groups excluding tert-OH is 1. The Balaban J connectivity index is -0.000000245. The van der Waals surface area contributed by atoms with E-state index in [2.05, 4.69) is 5.32 Å². The lowest BCUT2D eigenvalue weighted by molar-refractivity contribution is 0.0963. The maximum absolute atomic E-state index is 10.9. The van der Waals surface area contributed by atoms with E-state index >= 15 is 0 Å². The van der Waals surface area contributed by atoms with Crippen molar-refractivity contribution in [2.45, 2.75) is 27.7 Å². The van der Waals surface area contributed by atoms with E-state index in [0.29, 0.717) is 5.56 Å². The summed E-state index contributed by atoms with van der Waals surface area (Å²) in [6, 6.07) is 9.11. The van der Waals surface area contributed by atoms with Gasteiger partial charge < -0.3 is 10.4 Å². The topological polar surface area (TPSA) is 49.3 Å². The zero-order valence-electron chi connectivity index (χ0n) is 11.2. The van der Waals surface area contributed by atoms with Gasteiger partial charge in [-0.05, 0) is 12.1 Å². The smallest absolute Gasteiger partial charge is 0.251 e. The number of carbonyl (C=O) groups is 1. The van der Waals surface area contributed by atoms with Gasteiger partial charge >= 0.3 is 0 Å². The second-order valence-electron chi connectivity index (χ2n) is 1.95. The Bertz CT molecular complexity index is 223. The summed E-state index contributed by atoms with van der Waals surface area (Å²) in [7, 11) is 2.62. The highest BCUT2D eigenvalue weighted by molar-refractivity contribution is 5.93. The van der Waals surface area contributed by atoms with Crippen LogP contribution in [0, 0.1) is 0 Å². The van der Waals surface area contributed by atoms with E-state index in [-0.39, 0.29) is 5.91 Å². The van der Waals surface area contributed by atoms with E-state index in [4.69, 9.17) is 5.11 Å². The summed E-state index contributed by atoms with van der Waals surface area (Å²) in [5.41, 5.74) is 0.699. The molecule has 1 aromatic rings. The van der Waals surface area contributed by atoms with Gasteiger partial charge in [0.1, 0.15) is 0 Å². The fraction of sp³-hybridized carbons (Fsp3) is 0.462. The van der Waals surface area contributed by atoms with Gasteiger partial charge in [-0.25, -0.2) is 0 Å². The number of aliphatic hydroxyl groups is 1. The van der Waals surface area contributed by atoms with E-state index in [0.717, 1.165) is 7.11 Å². The molecule has 1 aromatic carbocycles. The number of benzene rings is 1. The number of rotatable bonds is 1. The molecule has 0 bridgehead atoms. The number of amides is 1. The van der Waals surface area contributed by atoms with Crippen molar-refractivity contribution in [3.05, 3.63) is 35.9 Å². The minimum Gasteiger partial charge on any atom is -0.400 e. The van der Waals surface area contributed by atoms with Gasteiger partial charge in [0, 0.05) is 19.7 Å². The molecule has 0 heterocycles. The predicted molar refractivity (Wildman–Crippen MR) is 70.7 cm³/mol. The molecule has 0 aliphatic heterocycles. The quantitative estimate of drug-likeness (QED) is 0.775. The fourth-order valence-electron chi connectivity index (χ4n) is 0.734. The Hall–Kier alpha value is -1.35. The molecule has 0 saturated carbocycles. The maximum atomic E-state index is 10.9. The summed E-state index contributed by atoms with van der Waals surface area (Å²) in [5, 5.41) is 9.54. The first-order valence-electron chi connectivity index (χ1n) is 5.56. The van der Waals surface area contributed by atoms with E-state index < -0.39 is 0 Å². The van der Waals surface area contributed by atoms with Crippen LogP contribution < -0.4 is 5.32 Å². The lowest BCUT2D eigenvalue weighted by Gasteiger charge is -1.96. The third-order valence-electron chi connectivity index (χ3n) is 1.26. The van der Waals surface area contributed by atoms with Crippen LogP contribution in [0.1, 0.15) is 38.1 Å². The van der Waals surface area contributed by atoms with Crippen LogP contribution in [-0.4, -0.2) is 25.2 Å². The largest absolute Gasteiger partial charge is 0.400 e. The van der Waals surface area contributed by atoms with Crippen molar-refractivity contribution >= 4 is 5.91 Å². The van der Waals surface area contributed by atoms with E-state index in [1.54, 1.807) is 19.2 Å². The molecule has 0 unspecified atom stereocenters. The van der Waals surface area contributed by atoms with Crippen molar-refractivity contribution in [3.8, 4) is 0 Å². The van der Waals surface area contributed by atoms with Gasteiger partial charge in [-0.2, -0.15) is 0 Å². The summed E-state index contributed by atoms with van der Waals surface area (Å²) < 4.78 is 0. The molecule has 94 valence electrons. The summed E-state index contributed by atoms with van der Waals surface area (Å²) in [4.78, 5) is 10.9. The molecule has 0 aliphatic carbocycles. The Morgan fingerprint density at radius 3 is 1.69 bits per heavy atom. The third kappa shape index (κ3) is 10.7. The Labute approximate surface area is 99.5 Å². The SMILES string of the molecule is CC.CC.CNC(=O)c1ccccc1.CO. The highest BCUT2D eigenvalue weighted by Crippen LogP contribution is 1.96. The van der Waals surface area contributed by atoms with Crippen molar-refractivity contribution in [2.75, 3.05) is 14.2 Å². The standard InChI is InChI=1S/C8H9NO.2C2H6.CH4O/c1-9-8(10)7-5-3-2-4-6-7;3*1-2/h2-6H,1H3,(H,9,10);2*1-2H3;2H,1H3. The first kappa shape index (κ1) is 20.1. The van der Waals surface area contributed by atoms with Crippen LogP contribution >= 0.6 is 0 Å². The van der Waals surface area contributed by atoms with Gasteiger partial charge in [-0.1, -0.05) is 45.9 Å². The molecule has 0 aromatic heterocycles. The van der Waals surface area contributed by atoms with Crippen molar-refractivity contribution in [1.29, 1.82) is 0 Å². The summed E-state index contributed by atoms with van der Waals surface area (Å²) in [5.74, 6) is -0.0411. The van der Waals surface area contributed by atoms with Gasteiger partial charge in [0.25, 0.3) is 5.91 Å². The van der Waals surface area contributed by atoms with Gasteiger partial charge in [0.2, 0.25) is 0 Å². The summed E-state index contributed by atoms with van der Waals surface area (Å²) >= 11 is 0. The fourth-order valence-corrected chi connectivity index (χ4v) is 0.734. The molecule has 0 aliphatic rings. The van der Waals surface area contributed by atoms with Crippen molar-refractivity contribution in [3.63, 3.8) is 0 Å². The highest BCUT2D eigenvalue weighted by atomic mass is 16.2. The first-order chi connectivity index (χ1) is 7.84. The molecular formula is C13H25NO2. The predicted octanol–water partition coefficient (Wildman–Crippen LogP) is 2.71. The summed E-state index contributed by atoms with van der Waals surface area (Å²) in [6.07, 6.45) is 0. The van der Waals surface area contributed by atoms with E-state index in [1.165, 1.54) is 0 Å². The molecule has 0 saturated heterocycles. The van der Waals surface area contributed by atoms with Crippen molar-refractivity contribution < 1.29 is 9.90 Å². The lowest BCUT2D eigenvalue weighted by Crippen LogP contribution is -2.17. The van der Waals surface area contributed by atoms with Gasteiger partial charge in [-0.15, -0.1) is 0 Å². The summed E-state index contributed by atoms with van der Waals surface area (Å²) in [6.45, 7) is 8.00. The van der Waals surface area contributed by atoms with E-state index in [9.17, 15) is 4.79 Å². The van der Waals surface area contributed by atoms with E-state index in [1.807, 2.05) is 45.9 Å². The molecule has 0 spiro atoms. The van der Waals surface area contributed by atoms with Crippen LogP contribution in [0.3, 0.4) is 0 Å². The second-order valence-corrected chi connectivity index (χ2v) is 1.95. The number of hydrogen-bond acceptors (Lipinski definition) is 2. The average Bonchev–Trinajstić information content (AvgIpc) is 2.45. The molecule has 3 nitrogen and oxygen atoms in total. The Morgan fingerprint density at radius 2 is 1.38 bits per heavy atom. The van der Waals surface area contributed by atoms with Crippen LogP contribution in [0.2, 0.25) is 0 Å². The number of nitrogens with one attached hydrogen (secondary N) is 1. The van der Waals surface area contributed by atoms with Crippen molar-refractivity contribution in [2.24, 2.45) is 0 Å². The number of carbonyl (C=O) groups excluding carboxylic acids is 1. The van der Waals surface area contributed by atoms with Crippen molar-refractivity contribution in [1.82, 2.24) is 5.32 Å². The Morgan fingerprint density at radius 1 is 1.00 bits per heavy atom. The first-order valence-corrected chi connectivity index (χ1v) is 5.56. The minimum absolute atomic E-state index is 0.0411. The highest BCUT2D eigenvalue weighted by Gasteiger charge is 1.97. The molecule has 0 radical (unpaired) electrons. The van der Waals surface area contributed by atoms with Gasteiger partial charge in [0.05, 0.1) is 0 Å². The third-order valence-corrected chi connectivity index (χ3v) is 1.26. The average molecular weight is 227 g/mol. The molecular weight excluding hydrogens is 202 g/mol. The molecule has 2 N–H and O–H groups in total. The molecule has 1 amide bonds. The lowest BCUT2D eigenvalue weighted by atomic mass is 10.2. The second kappa shape index (κ2) is 19.3. The van der Waals surface area contributed by atoms with Crippen LogP contribution in [0.4, 0.5) is 0 Å². The molecule has 1 rings (SSSR count). The minimum atomic E-state index is -0.0411. The van der Waals surface area contributed by atoms with Crippen LogP contribution in [0.15, 0.2) is 30.3 Å². The number of hydrogen-bond donors (Lipinski definition) is 2. The zero-order chi connectivity index (χ0) is 13.4. The maximum Gasteiger partial charge on any atom is 0.251 e. The van der Waals surface area contributed by atoms with Crippen LogP contribution in [0.5, 0.6) is 0 Å². The monoisotopic (exact) mass is 227 g/mol. The van der Waals surface area contributed by atoms with Crippen LogP contribution in [-0.2, 0) is 0 Å². The molecule has 3 heteroatoms. The molecule has 0 fully saturated rings. The van der Waals surface area contributed by atoms with Gasteiger partial charge in [-0.3, -0.25) is 4.79 Å². The van der Waals surface area contributed by atoms with Crippen LogP contribution in [0.25, 0.3) is 0 Å². The molecule has 0 atom stereocenters. The zero-order valence-corrected chi connectivity index (χ0v) is 11.2. The Kier molecular flexibility index (Phi) is 24.2. The van der Waals surface area contributed by atoms with Gasteiger partial charge in [0.15, 0.2) is 0 Å².